The molecule has 11 nitrogen and oxygen atoms in total. The van der Waals surface area contributed by atoms with Gasteiger partial charge in [0.2, 0.25) is 5.95 Å². The Morgan fingerprint density at radius 1 is 1.14 bits per heavy atom. The van der Waals surface area contributed by atoms with Crippen LogP contribution in [0.15, 0.2) is 65.8 Å². The van der Waals surface area contributed by atoms with E-state index in [0.29, 0.717) is 23.3 Å². The Morgan fingerprint density at radius 2 is 2.06 bits per heavy atom. The fourth-order valence-electron chi connectivity index (χ4n) is 4.17. The van der Waals surface area contributed by atoms with Crippen LogP contribution in [0.5, 0.6) is 11.6 Å². The molecule has 1 aliphatic rings. The number of nitrogens with zero attached hydrogens (tertiary/aromatic N) is 6. The fourth-order valence-corrected chi connectivity index (χ4v) is 4.17. The van der Waals surface area contributed by atoms with Crippen LogP contribution in [0.2, 0.25) is 0 Å². The first-order valence-electron chi connectivity index (χ1n) is 11.7. The number of ether oxygens (including phenoxy) is 2. The molecule has 3 aromatic heterocycles. The molecule has 2 aromatic carbocycles. The summed E-state index contributed by atoms with van der Waals surface area (Å²) in [6, 6.07) is 11.7. The first-order chi connectivity index (χ1) is 17.7. The molecule has 1 fully saturated rings. The van der Waals surface area contributed by atoms with Gasteiger partial charge in [0.1, 0.15) is 17.5 Å². The van der Waals surface area contributed by atoms with Gasteiger partial charge in [0.15, 0.2) is 12.2 Å². The van der Waals surface area contributed by atoms with Gasteiger partial charge >= 0.3 is 0 Å². The van der Waals surface area contributed by atoms with Crippen LogP contribution in [0, 0.1) is 0 Å². The van der Waals surface area contributed by atoms with Crippen LogP contribution in [0.1, 0.15) is 12.8 Å². The maximum Gasteiger partial charge on any atom is 0.253 e. The lowest BCUT2D eigenvalue weighted by atomic mass is 10.1. The summed E-state index contributed by atoms with van der Waals surface area (Å²) in [5.74, 6) is 2.26. The van der Waals surface area contributed by atoms with Gasteiger partial charge < -0.3 is 24.5 Å². The van der Waals surface area contributed by atoms with Crippen LogP contribution in [-0.4, -0.2) is 56.2 Å². The molecule has 6 rings (SSSR count). The zero-order valence-electron chi connectivity index (χ0n) is 19.6. The predicted molar refractivity (Wildman–Crippen MR) is 133 cm³/mol. The molecule has 11 heteroatoms. The van der Waals surface area contributed by atoms with Gasteiger partial charge in [-0.15, -0.1) is 0 Å². The van der Waals surface area contributed by atoms with Gasteiger partial charge in [-0.25, -0.2) is 19.6 Å². The second-order valence-corrected chi connectivity index (χ2v) is 8.42. The molecule has 4 heterocycles. The van der Waals surface area contributed by atoms with Crippen molar-refractivity contribution in [3.63, 3.8) is 0 Å². The van der Waals surface area contributed by atoms with Gasteiger partial charge in [0, 0.05) is 28.9 Å². The summed E-state index contributed by atoms with van der Waals surface area (Å²) in [6.07, 6.45) is 8.54. The Kier molecular flexibility index (Phi) is 5.88. The van der Waals surface area contributed by atoms with E-state index in [-0.39, 0.29) is 6.10 Å². The number of hydrogen-bond acceptors (Lipinski definition) is 10. The van der Waals surface area contributed by atoms with Crippen LogP contribution in [-0.2, 0) is 0 Å². The zero-order valence-corrected chi connectivity index (χ0v) is 19.6. The number of fused-ring (bicyclic) bond motifs is 1. The van der Waals surface area contributed by atoms with Crippen molar-refractivity contribution >= 4 is 22.5 Å². The van der Waals surface area contributed by atoms with Crippen LogP contribution in [0.3, 0.4) is 0 Å². The Morgan fingerprint density at radius 3 is 2.86 bits per heavy atom. The molecule has 2 N–H and O–H groups in total. The number of nitrogens with one attached hydrogen (secondary N) is 2. The van der Waals surface area contributed by atoms with Gasteiger partial charge in [-0.05, 0) is 44.1 Å². The van der Waals surface area contributed by atoms with Crippen molar-refractivity contribution in [2.45, 2.75) is 18.9 Å². The SMILES string of the molecule is COc1cn(-c2cc3cnc(Nc4cccc(-c5cnco5)c4)nc3cc2OC2CCNCC2)nn1. The minimum Gasteiger partial charge on any atom is -0.488 e. The summed E-state index contributed by atoms with van der Waals surface area (Å²) in [4.78, 5) is 13.3. The predicted octanol–water partition coefficient (Wildman–Crippen LogP) is 3.75. The summed E-state index contributed by atoms with van der Waals surface area (Å²) >= 11 is 0. The number of piperidine rings is 1. The highest BCUT2D eigenvalue weighted by Gasteiger charge is 2.19. The topological polar surface area (TPSA) is 125 Å². The van der Waals surface area contributed by atoms with E-state index >= 15 is 0 Å². The lowest BCUT2D eigenvalue weighted by molar-refractivity contribution is 0.162. The van der Waals surface area contributed by atoms with Gasteiger partial charge in [-0.2, -0.15) is 0 Å². The Hall–Kier alpha value is -4.51. The molecule has 0 atom stereocenters. The maximum atomic E-state index is 6.44. The van der Waals surface area contributed by atoms with Crippen LogP contribution >= 0.6 is 0 Å². The van der Waals surface area contributed by atoms with Crippen LogP contribution in [0.4, 0.5) is 11.6 Å². The minimum atomic E-state index is 0.103. The van der Waals surface area contributed by atoms with E-state index in [1.54, 1.807) is 30.4 Å². The maximum absolute atomic E-state index is 6.44. The largest absolute Gasteiger partial charge is 0.488 e. The Bertz CT molecular complexity index is 1480. The molecule has 0 unspecified atom stereocenters. The van der Waals surface area contributed by atoms with Crippen molar-refractivity contribution in [3.05, 3.63) is 61.4 Å². The van der Waals surface area contributed by atoms with E-state index in [1.165, 1.54) is 6.39 Å². The zero-order chi connectivity index (χ0) is 24.3. The molecule has 0 radical (unpaired) electrons. The van der Waals surface area contributed by atoms with E-state index in [9.17, 15) is 0 Å². The van der Waals surface area contributed by atoms with Gasteiger partial charge in [0.05, 0.1) is 25.0 Å². The van der Waals surface area contributed by atoms with Crippen LogP contribution in [0.25, 0.3) is 27.9 Å². The number of hydrogen-bond donors (Lipinski definition) is 2. The Labute approximate surface area is 206 Å². The van der Waals surface area contributed by atoms with E-state index in [0.717, 1.165) is 53.8 Å². The highest BCUT2D eigenvalue weighted by molar-refractivity contribution is 5.84. The highest BCUT2D eigenvalue weighted by Crippen LogP contribution is 2.31. The summed E-state index contributed by atoms with van der Waals surface area (Å²) in [7, 11) is 1.56. The van der Waals surface area contributed by atoms with E-state index in [1.807, 2.05) is 36.4 Å². The number of anilines is 2. The second kappa shape index (κ2) is 9.62. The first-order valence-corrected chi connectivity index (χ1v) is 11.7. The fraction of sp³-hybridized carbons (Fsp3) is 0.240. The highest BCUT2D eigenvalue weighted by atomic mass is 16.5. The summed E-state index contributed by atoms with van der Waals surface area (Å²) in [5.41, 5.74) is 3.24. The third-order valence-electron chi connectivity index (χ3n) is 6.00. The summed E-state index contributed by atoms with van der Waals surface area (Å²) in [6.45, 7) is 1.85. The molecule has 0 amide bonds. The quantitative estimate of drug-likeness (QED) is 0.353. The van der Waals surface area contributed by atoms with Crippen molar-refractivity contribution in [1.29, 1.82) is 0 Å². The molecule has 0 bridgehead atoms. The third kappa shape index (κ3) is 4.56. The average molecular weight is 485 g/mol. The molecule has 0 spiro atoms. The van der Waals surface area contributed by atoms with E-state index in [4.69, 9.17) is 18.9 Å². The number of rotatable bonds is 7. The van der Waals surface area contributed by atoms with Crippen molar-refractivity contribution < 1.29 is 13.9 Å². The number of benzene rings is 2. The lowest BCUT2D eigenvalue weighted by Gasteiger charge is -2.25. The molecule has 5 aromatic rings. The van der Waals surface area contributed by atoms with Crippen molar-refractivity contribution in [2.24, 2.45) is 0 Å². The standard InChI is InChI=1S/C25H24N8O3/c1-34-24-14-33(32-31-24)21-10-17-12-28-25(29-18-4-2-3-16(9-18)23-13-27-15-35-23)30-20(17)11-22(21)36-19-5-7-26-8-6-19/h2-4,9-15,19,26H,5-8H2,1H3,(H,28,29,30). The molecular formula is C25H24N8O3. The molecule has 1 aliphatic heterocycles. The number of methoxy groups -OCH3 is 1. The van der Waals surface area contributed by atoms with Gasteiger partial charge in [-0.3, -0.25) is 0 Å². The molecule has 0 saturated carbocycles. The van der Waals surface area contributed by atoms with E-state index in [2.05, 4.69) is 30.9 Å². The van der Waals surface area contributed by atoms with Crippen molar-refractivity contribution in [2.75, 3.05) is 25.5 Å². The Balaban J connectivity index is 1.34. The molecule has 36 heavy (non-hydrogen) atoms. The van der Waals surface area contributed by atoms with Crippen LogP contribution < -0.4 is 20.1 Å². The number of oxazole rings is 1. The van der Waals surface area contributed by atoms with Gasteiger partial charge in [-0.1, -0.05) is 22.4 Å². The third-order valence-corrected chi connectivity index (χ3v) is 6.00. The van der Waals surface area contributed by atoms with E-state index < -0.39 is 0 Å². The lowest BCUT2D eigenvalue weighted by Crippen LogP contribution is -2.34. The minimum absolute atomic E-state index is 0.103. The first kappa shape index (κ1) is 22.0. The molecular weight excluding hydrogens is 460 g/mol. The van der Waals surface area contributed by atoms with Gasteiger partial charge in [0.25, 0.3) is 5.88 Å². The average Bonchev–Trinajstić information content (AvgIpc) is 3.62. The smallest absolute Gasteiger partial charge is 0.253 e. The monoisotopic (exact) mass is 484 g/mol. The molecule has 182 valence electrons. The normalized spacial score (nSPS) is 14.1. The molecule has 1 saturated heterocycles. The second-order valence-electron chi connectivity index (χ2n) is 8.42. The number of aromatic nitrogens is 6. The summed E-state index contributed by atoms with van der Waals surface area (Å²) < 4.78 is 18.7. The van der Waals surface area contributed by atoms with Crippen molar-refractivity contribution in [1.82, 2.24) is 35.3 Å². The summed E-state index contributed by atoms with van der Waals surface area (Å²) in [5, 5.41) is 15.7. The van der Waals surface area contributed by atoms with Crippen molar-refractivity contribution in [3.8, 4) is 28.6 Å². The molecule has 0 aliphatic carbocycles.